The molecule has 215 valence electrons. The van der Waals surface area contributed by atoms with Crippen LogP contribution in [0.3, 0.4) is 0 Å². The Kier molecular flexibility index (Phi) is 12.8. The van der Waals surface area contributed by atoms with Gasteiger partial charge in [0.25, 0.3) is 10.0 Å². The van der Waals surface area contributed by atoms with Gasteiger partial charge in [-0.1, -0.05) is 106 Å². The summed E-state index contributed by atoms with van der Waals surface area (Å²) in [6, 6.07) is 4.10. The lowest BCUT2D eigenvalue weighted by molar-refractivity contribution is 0.0696. The molecule has 6 nitrogen and oxygen atoms in total. The number of benzene rings is 1. The summed E-state index contributed by atoms with van der Waals surface area (Å²) in [4.78, 5) is 12.4. The number of aromatic carboxylic acids is 1. The zero-order chi connectivity index (χ0) is 28.3. The maximum absolute atomic E-state index is 13.3. The molecular weight excluding hydrogens is 529 g/mol. The van der Waals surface area contributed by atoms with Crippen LogP contribution in [0.1, 0.15) is 108 Å². The maximum atomic E-state index is 13.3. The first-order chi connectivity index (χ1) is 18.8. The molecule has 0 unspecified atom stereocenters. The highest BCUT2D eigenvalue weighted by atomic mass is 32.3. The SMILES string of the molecule is C/C=C(\S/C(=C\C)S(=O)(=O)Nc1ccc(C(=O)O)cc1OC)C1CCCC([B]C2CCCCCCC2)CCC1. The van der Waals surface area contributed by atoms with Crippen molar-refractivity contribution in [1.29, 1.82) is 0 Å². The number of carbonyl (C=O) groups is 1. The fourth-order valence-corrected chi connectivity index (χ4v) is 8.54. The number of sulfonamides is 1. The highest BCUT2D eigenvalue weighted by Gasteiger charge is 2.27. The molecule has 2 aliphatic rings. The van der Waals surface area contributed by atoms with Gasteiger partial charge >= 0.3 is 5.97 Å². The average Bonchev–Trinajstić information content (AvgIpc) is 2.87. The fourth-order valence-electron chi connectivity index (χ4n) is 5.95. The molecular formula is C30H45BNO5S2. The summed E-state index contributed by atoms with van der Waals surface area (Å²) >= 11 is 1.32. The number of methoxy groups -OCH3 is 1. The number of rotatable bonds is 10. The molecule has 0 aliphatic heterocycles. The third kappa shape index (κ3) is 9.63. The van der Waals surface area contributed by atoms with Crippen molar-refractivity contribution in [1.82, 2.24) is 0 Å². The van der Waals surface area contributed by atoms with Crippen LogP contribution in [0.5, 0.6) is 5.75 Å². The smallest absolute Gasteiger partial charge is 0.335 e. The minimum absolute atomic E-state index is 0.0282. The van der Waals surface area contributed by atoms with Gasteiger partial charge in [-0.25, -0.2) is 13.2 Å². The highest BCUT2D eigenvalue weighted by molar-refractivity contribution is 8.21. The standard InChI is InChI=1S/C30H45BNO5S2/c1-4-28(22-13-11-17-25(18-12-14-22)31-24-15-9-7-6-8-10-16-24)38-29(5-2)39(35,36)32-26-20-19-23(30(33)34)21-27(26)37-3/h4-5,19-22,24-25,32H,6-18H2,1-3H3,(H,33,34)/b28-4-,29-5+. The molecule has 2 fully saturated rings. The lowest BCUT2D eigenvalue weighted by Crippen LogP contribution is -2.17. The Bertz CT molecular complexity index is 1100. The topological polar surface area (TPSA) is 92.7 Å². The van der Waals surface area contributed by atoms with Crippen LogP contribution in [0.25, 0.3) is 0 Å². The molecule has 39 heavy (non-hydrogen) atoms. The Labute approximate surface area is 240 Å². The van der Waals surface area contributed by atoms with Gasteiger partial charge in [-0.3, -0.25) is 4.72 Å². The van der Waals surface area contributed by atoms with Crippen LogP contribution in [0.4, 0.5) is 5.69 Å². The molecule has 9 heteroatoms. The van der Waals surface area contributed by atoms with Crippen molar-refractivity contribution in [3.63, 3.8) is 0 Å². The Morgan fingerprint density at radius 3 is 2.08 bits per heavy atom. The first-order valence-electron chi connectivity index (χ1n) is 14.6. The molecule has 2 saturated carbocycles. The van der Waals surface area contributed by atoms with Crippen molar-refractivity contribution in [2.24, 2.45) is 5.92 Å². The van der Waals surface area contributed by atoms with Gasteiger partial charge in [0, 0.05) is 0 Å². The first-order valence-corrected chi connectivity index (χ1v) is 16.9. The number of nitrogens with one attached hydrogen (secondary N) is 1. The zero-order valence-corrected chi connectivity index (χ0v) is 25.4. The Morgan fingerprint density at radius 2 is 1.54 bits per heavy atom. The summed E-state index contributed by atoms with van der Waals surface area (Å²) in [5.74, 6) is 0.928. The predicted octanol–water partition coefficient (Wildman–Crippen LogP) is 8.63. The van der Waals surface area contributed by atoms with Crippen molar-refractivity contribution in [2.45, 2.75) is 109 Å². The Hall–Kier alpha value is -1.87. The number of thioether (sulfide) groups is 1. The fraction of sp³-hybridized carbons (Fsp3) is 0.633. The number of hydrogen-bond donors (Lipinski definition) is 2. The van der Waals surface area contributed by atoms with Crippen molar-refractivity contribution >= 4 is 40.7 Å². The number of carboxylic acids is 1. The minimum atomic E-state index is -3.88. The Balaban J connectivity index is 1.60. The second-order valence-corrected chi connectivity index (χ2v) is 13.9. The predicted molar refractivity (Wildman–Crippen MR) is 164 cm³/mol. The summed E-state index contributed by atoms with van der Waals surface area (Å²) in [6.07, 6.45) is 20.3. The van der Waals surface area contributed by atoms with Crippen molar-refractivity contribution in [3.8, 4) is 5.75 Å². The van der Waals surface area contributed by atoms with Gasteiger partial charge < -0.3 is 9.84 Å². The largest absolute Gasteiger partial charge is 0.495 e. The molecule has 0 heterocycles. The molecule has 2 aliphatic carbocycles. The van der Waals surface area contributed by atoms with E-state index in [9.17, 15) is 18.3 Å². The van der Waals surface area contributed by atoms with Gasteiger partial charge in [0.2, 0.25) is 0 Å². The second kappa shape index (κ2) is 15.8. The number of ether oxygens (including phenoxy) is 1. The van der Waals surface area contributed by atoms with Crippen LogP contribution in [-0.2, 0) is 10.0 Å². The van der Waals surface area contributed by atoms with Gasteiger partial charge in [0.05, 0.1) is 18.4 Å². The van der Waals surface area contributed by atoms with Crippen LogP contribution in [0.15, 0.2) is 39.5 Å². The third-order valence-electron chi connectivity index (χ3n) is 8.05. The summed E-state index contributed by atoms with van der Waals surface area (Å²) in [5, 5.41) is 9.24. The Morgan fingerprint density at radius 1 is 0.949 bits per heavy atom. The molecule has 0 saturated heterocycles. The van der Waals surface area contributed by atoms with Gasteiger partial charge in [0.15, 0.2) is 0 Å². The number of hydrogen-bond acceptors (Lipinski definition) is 5. The van der Waals surface area contributed by atoms with Gasteiger partial charge in [-0.15, -0.1) is 0 Å². The molecule has 3 rings (SSSR count). The van der Waals surface area contributed by atoms with Gasteiger partial charge in [-0.05, 0) is 55.7 Å². The third-order valence-corrected chi connectivity index (χ3v) is 11.5. The molecule has 0 atom stereocenters. The van der Waals surface area contributed by atoms with Gasteiger partial charge in [-0.2, -0.15) is 0 Å². The van der Waals surface area contributed by atoms with Crippen LogP contribution in [-0.4, -0.2) is 33.9 Å². The lowest BCUT2D eigenvalue weighted by Gasteiger charge is -2.29. The van der Waals surface area contributed by atoms with E-state index in [0.29, 0.717) is 5.92 Å². The summed E-state index contributed by atoms with van der Waals surface area (Å²) in [5.41, 5.74) is 0.238. The lowest BCUT2D eigenvalue weighted by atomic mass is 9.49. The van der Waals surface area contributed by atoms with Crippen LogP contribution < -0.4 is 9.46 Å². The first kappa shape index (κ1) is 31.7. The van der Waals surface area contributed by atoms with Crippen LogP contribution in [0.2, 0.25) is 11.6 Å². The van der Waals surface area contributed by atoms with Crippen molar-refractivity contribution in [3.05, 3.63) is 45.1 Å². The van der Waals surface area contributed by atoms with E-state index in [-0.39, 0.29) is 21.2 Å². The van der Waals surface area contributed by atoms with E-state index in [1.165, 1.54) is 108 Å². The normalized spacial score (nSPS) is 22.6. The van der Waals surface area contributed by atoms with E-state index in [1.54, 1.807) is 13.0 Å². The molecule has 1 radical (unpaired) electrons. The van der Waals surface area contributed by atoms with E-state index >= 15 is 0 Å². The summed E-state index contributed by atoms with van der Waals surface area (Å²) in [7, 11) is 0.203. The zero-order valence-electron chi connectivity index (χ0n) is 23.8. The molecule has 1 aromatic carbocycles. The molecule has 2 N–H and O–H groups in total. The molecule has 1 aromatic rings. The average molecular weight is 575 g/mol. The molecule has 0 aromatic heterocycles. The molecule has 0 spiro atoms. The van der Waals surface area contributed by atoms with E-state index in [2.05, 4.69) is 18.1 Å². The monoisotopic (exact) mass is 574 g/mol. The maximum Gasteiger partial charge on any atom is 0.335 e. The summed E-state index contributed by atoms with van der Waals surface area (Å²) < 4.78 is 34.8. The number of anilines is 1. The summed E-state index contributed by atoms with van der Waals surface area (Å²) in [6.45, 7) is 3.72. The molecule has 0 amide bonds. The van der Waals surface area contributed by atoms with Crippen LogP contribution in [0, 0.1) is 5.92 Å². The van der Waals surface area contributed by atoms with E-state index in [4.69, 9.17) is 4.74 Å². The number of allylic oxidation sites excluding steroid dienone is 3. The minimum Gasteiger partial charge on any atom is -0.495 e. The van der Waals surface area contributed by atoms with E-state index in [0.717, 1.165) is 29.4 Å². The van der Waals surface area contributed by atoms with Gasteiger partial charge in [0.1, 0.15) is 17.3 Å². The number of carboxylic acid groups (broad SMARTS) is 1. The quantitative estimate of drug-likeness (QED) is 0.272. The highest BCUT2D eigenvalue weighted by Crippen LogP contribution is 2.42. The van der Waals surface area contributed by atoms with E-state index < -0.39 is 16.0 Å². The van der Waals surface area contributed by atoms with Crippen LogP contribution >= 0.6 is 11.8 Å². The van der Waals surface area contributed by atoms with Crippen molar-refractivity contribution in [2.75, 3.05) is 11.8 Å². The van der Waals surface area contributed by atoms with Crippen molar-refractivity contribution < 1.29 is 23.1 Å². The van der Waals surface area contributed by atoms with E-state index in [1.807, 2.05) is 6.92 Å². The molecule has 0 bridgehead atoms. The second-order valence-electron chi connectivity index (χ2n) is 10.8.